The summed E-state index contributed by atoms with van der Waals surface area (Å²) in [4.78, 5) is 0. The Morgan fingerprint density at radius 1 is 1.62 bits per heavy atom. The summed E-state index contributed by atoms with van der Waals surface area (Å²) in [5.41, 5.74) is 5.91. The lowest BCUT2D eigenvalue weighted by atomic mass is 9.67. The summed E-state index contributed by atoms with van der Waals surface area (Å²) in [6.07, 6.45) is 2.21. The molecule has 1 aromatic rings. The molecule has 0 aliphatic heterocycles. The standard InChI is InChI=1S/C10H14BrNO/c1-2-6-7(5-8(6)12)9-3-4-10(11)13-9/h3-4,6-8H,2,5,12H2,1H3. The molecule has 1 heterocycles. The van der Waals surface area contributed by atoms with E-state index in [1.165, 1.54) is 0 Å². The summed E-state index contributed by atoms with van der Waals surface area (Å²) < 4.78 is 6.35. The number of hydrogen-bond donors (Lipinski definition) is 1. The Balaban J connectivity index is 2.11. The lowest BCUT2D eigenvalue weighted by Gasteiger charge is -2.41. The number of halogens is 1. The molecule has 1 aromatic heterocycles. The second-order valence-corrected chi connectivity index (χ2v) is 4.50. The van der Waals surface area contributed by atoms with Gasteiger partial charge in [0.15, 0.2) is 4.67 Å². The number of hydrogen-bond acceptors (Lipinski definition) is 2. The molecule has 2 rings (SSSR count). The molecule has 0 aromatic carbocycles. The molecule has 0 spiro atoms. The van der Waals surface area contributed by atoms with Gasteiger partial charge in [0.1, 0.15) is 5.76 Å². The fourth-order valence-corrected chi connectivity index (χ4v) is 2.51. The van der Waals surface area contributed by atoms with Crippen LogP contribution in [-0.2, 0) is 0 Å². The highest BCUT2D eigenvalue weighted by molar-refractivity contribution is 9.10. The molecule has 1 aliphatic rings. The van der Waals surface area contributed by atoms with Gasteiger partial charge >= 0.3 is 0 Å². The molecule has 0 amide bonds. The van der Waals surface area contributed by atoms with Crippen LogP contribution >= 0.6 is 15.9 Å². The smallest absolute Gasteiger partial charge is 0.169 e. The van der Waals surface area contributed by atoms with Crippen molar-refractivity contribution in [3.8, 4) is 0 Å². The summed E-state index contributed by atoms with van der Waals surface area (Å²) >= 11 is 3.31. The van der Waals surface area contributed by atoms with Gasteiger partial charge in [-0.3, -0.25) is 0 Å². The average Bonchev–Trinajstić information content (AvgIpc) is 2.48. The predicted molar refractivity (Wildman–Crippen MR) is 55.5 cm³/mol. The zero-order chi connectivity index (χ0) is 9.42. The molecular formula is C10H14BrNO. The van der Waals surface area contributed by atoms with Crippen molar-refractivity contribution in [2.45, 2.75) is 31.7 Å². The molecule has 0 radical (unpaired) electrons. The van der Waals surface area contributed by atoms with Gasteiger partial charge in [0.2, 0.25) is 0 Å². The fraction of sp³-hybridized carbons (Fsp3) is 0.600. The van der Waals surface area contributed by atoms with E-state index in [-0.39, 0.29) is 0 Å². The number of furan rings is 1. The summed E-state index contributed by atoms with van der Waals surface area (Å²) in [6.45, 7) is 2.19. The second kappa shape index (κ2) is 3.46. The summed E-state index contributed by atoms with van der Waals surface area (Å²) in [6, 6.07) is 4.37. The SMILES string of the molecule is CCC1C(N)CC1c1ccc(Br)o1. The highest BCUT2D eigenvalue weighted by Crippen LogP contribution is 2.44. The first kappa shape index (κ1) is 9.28. The van der Waals surface area contributed by atoms with Crippen LogP contribution in [0.2, 0.25) is 0 Å². The van der Waals surface area contributed by atoms with Crippen molar-refractivity contribution in [1.29, 1.82) is 0 Å². The molecular weight excluding hydrogens is 230 g/mol. The van der Waals surface area contributed by atoms with Gasteiger partial charge in [-0.15, -0.1) is 0 Å². The van der Waals surface area contributed by atoms with Gasteiger partial charge in [-0.05, 0) is 40.4 Å². The van der Waals surface area contributed by atoms with Crippen molar-refractivity contribution < 1.29 is 4.42 Å². The average molecular weight is 244 g/mol. The molecule has 13 heavy (non-hydrogen) atoms. The normalized spacial score (nSPS) is 33.0. The van der Waals surface area contributed by atoms with E-state index in [0.717, 1.165) is 23.3 Å². The van der Waals surface area contributed by atoms with Gasteiger partial charge in [0.05, 0.1) is 0 Å². The van der Waals surface area contributed by atoms with Crippen molar-refractivity contribution >= 4 is 15.9 Å². The summed E-state index contributed by atoms with van der Waals surface area (Å²) in [5, 5.41) is 0. The third-order valence-electron chi connectivity index (χ3n) is 3.02. The van der Waals surface area contributed by atoms with Crippen LogP contribution < -0.4 is 5.73 Å². The van der Waals surface area contributed by atoms with Crippen LogP contribution in [0.4, 0.5) is 0 Å². The van der Waals surface area contributed by atoms with Crippen LogP contribution in [-0.4, -0.2) is 6.04 Å². The fourth-order valence-electron chi connectivity index (χ4n) is 2.19. The van der Waals surface area contributed by atoms with E-state index in [9.17, 15) is 0 Å². The number of nitrogens with two attached hydrogens (primary N) is 1. The second-order valence-electron chi connectivity index (χ2n) is 3.72. The van der Waals surface area contributed by atoms with Gasteiger partial charge in [0.25, 0.3) is 0 Å². The Bertz CT molecular complexity index is 297. The number of rotatable bonds is 2. The van der Waals surface area contributed by atoms with E-state index in [4.69, 9.17) is 10.2 Å². The first-order valence-corrected chi connectivity index (χ1v) is 5.52. The molecule has 2 N–H and O–H groups in total. The van der Waals surface area contributed by atoms with Gasteiger partial charge < -0.3 is 10.2 Å². The third kappa shape index (κ3) is 1.55. The topological polar surface area (TPSA) is 39.2 Å². The van der Waals surface area contributed by atoms with Crippen LogP contribution in [0.1, 0.15) is 31.4 Å². The van der Waals surface area contributed by atoms with E-state index in [1.807, 2.05) is 12.1 Å². The van der Waals surface area contributed by atoms with Crippen LogP contribution in [0, 0.1) is 5.92 Å². The van der Waals surface area contributed by atoms with Gasteiger partial charge in [-0.25, -0.2) is 0 Å². The Morgan fingerprint density at radius 2 is 2.38 bits per heavy atom. The maximum Gasteiger partial charge on any atom is 0.169 e. The lowest BCUT2D eigenvalue weighted by Crippen LogP contribution is -2.45. The van der Waals surface area contributed by atoms with Crippen molar-refractivity contribution in [2.24, 2.45) is 11.7 Å². The largest absolute Gasteiger partial charge is 0.454 e. The molecule has 3 heteroatoms. The van der Waals surface area contributed by atoms with E-state index in [0.29, 0.717) is 17.9 Å². The van der Waals surface area contributed by atoms with Crippen LogP contribution in [0.15, 0.2) is 21.2 Å². The summed E-state index contributed by atoms with van der Waals surface area (Å²) in [7, 11) is 0. The third-order valence-corrected chi connectivity index (χ3v) is 3.45. The van der Waals surface area contributed by atoms with Crippen molar-refractivity contribution in [3.05, 3.63) is 22.6 Å². The predicted octanol–water partition coefficient (Wildman–Crippen LogP) is 2.88. The highest BCUT2D eigenvalue weighted by atomic mass is 79.9. The van der Waals surface area contributed by atoms with E-state index >= 15 is 0 Å². The van der Waals surface area contributed by atoms with Crippen LogP contribution in [0.3, 0.4) is 0 Å². The van der Waals surface area contributed by atoms with E-state index in [2.05, 4.69) is 22.9 Å². The highest BCUT2D eigenvalue weighted by Gasteiger charge is 2.39. The molecule has 3 unspecified atom stereocenters. The quantitative estimate of drug-likeness (QED) is 0.868. The zero-order valence-corrected chi connectivity index (χ0v) is 9.25. The first-order valence-electron chi connectivity index (χ1n) is 4.73. The molecule has 1 aliphatic carbocycles. The Hall–Kier alpha value is -0.280. The Morgan fingerprint density at radius 3 is 2.85 bits per heavy atom. The molecule has 3 atom stereocenters. The Labute approximate surface area is 86.6 Å². The first-order chi connectivity index (χ1) is 6.22. The minimum atomic E-state index is 0.374. The monoisotopic (exact) mass is 243 g/mol. The molecule has 0 bridgehead atoms. The summed E-state index contributed by atoms with van der Waals surface area (Å²) in [5.74, 6) is 2.24. The molecule has 72 valence electrons. The van der Waals surface area contributed by atoms with Crippen molar-refractivity contribution in [3.63, 3.8) is 0 Å². The Kier molecular flexibility index (Phi) is 2.47. The maximum atomic E-state index is 5.91. The lowest BCUT2D eigenvalue weighted by molar-refractivity contribution is 0.173. The van der Waals surface area contributed by atoms with E-state index in [1.54, 1.807) is 0 Å². The van der Waals surface area contributed by atoms with Gasteiger partial charge in [0, 0.05) is 12.0 Å². The van der Waals surface area contributed by atoms with Crippen molar-refractivity contribution in [1.82, 2.24) is 0 Å². The molecule has 0 saturated heterocycles. The maximum absolute atomic E-state index is 5.91. The van der Waals surface area contributed by atoms with Crippen LogP contribution in [0.5, 0.6) is 0 Å². The van der Waals surface area contributed by atoms with Crippen LogP contribution in [0.25, 0.3) is 0 Å². The minimum absolute atomic E-state index is 0.374. The van der Waals surface area contributed by atoms with Gasteiger partial charge in [-0.2, -0.15) is 0 Å². The molecule has 2 nitrogen and oxygen atoms in total. The van der Waals surface area contributed by atoms with Gasteiger partial charge in [-0.1, -0.05) is 13.3 Å². The minimum Gasteiger partial charge on any atom is -0.454 e. The van der Waals surface area contributed by atoms with Crippen molar-refractivity contribution in [2.75, 3.05) is 0 Å². The van der Waals surface area contributed by atoms with E-state index < -0.39 is 0 Å². The zero-order valence-electron chi connectivity index (χ0n) is 7.66. The molecule has 1 saturated carbocycles. The molecule has 1 fully saturated rings.